The normalized spacial score (nSPS) is 17.9. The molecule has 2 rings (SSSR count). The zero-order valence-corrected chi connectivity index (χ0v) is 13.8. The van der Waals surface area contributed by atoms with E-state index in [1.807, 2.05) is 6.92 Å². The van der Waals surface area contributed by atoms with Gasteiger partial charge in [-0.05, 0) is 26.0 Å². The summed E-state index contributed by atoms with van der Waals surface area (Å²) in [5, 5.41) is 8.84. The smallest absolute Gasteiger partial charge is 0.263 e. The van der Waals surface area contributed by atoms with E-state index in [1.165, 1.54) is 11.0 Å². The maximum Gasteiger partial charge on any atom is 0.263 e. The number of sulfonamides is 1. The number of aliphatic imine (C=N–C) groups is 1. The summed E-state index contributed by atoms with van der Waals surface area (Å²) >= 11 is 0. The van der Waals surface area contributed by atoms with Crippen molar-refractivity contribution in [2.24, 2.45) is 10.9 Å². The highest BCUT2D eigenvalue weighted by Crippen LogP contribution is 2.22. The number of hydrogen-bond acceptors (Lipinski definition) is 5. The molecule has 0 saturated carbocycles. The number of fused-ring (bicyclic) bond motifs is 1. The lowest BCUT2D eigenvalue weighted by Gasteiger charge is -2.21. The van der Waals surface area contributed by atoms with Crippen LogP contribution in [-0.2, 0) is 14.8 Å². The Bertz CT molecular complexity index is 780. The van der Waals surface area contributed by atoms with Crippen LogP contribution in [0.5, 0.6) is 0 Å². The van der Waals surface area contributed by atoms with Crippen molar-refractivity contribution in [2.45, 2.75) is 18.7 Å². The lowest BCUT2D eigenvalue weighted by atomic mass is 10.2. The van der Waals surface area contributed by atoms with E-state index in [2.05, 4.69) is 15.8 Å². The summed E-state index contributed by atoms with van der Waals surface area (Å²) in [6.07, 6.45) is 0. The second-order valence-electron chi connectivity index (χ2n) is 5.23. The third-order valence-electron chi connectivity index (χ3n) is 3.48. The molecule has 0 fully saturated rings. The molecule has 0 radical (unpaired) electrons. The summed E-state index contributed by atoms with van der Waals surface area (Å²) in [6.45, 7) is 4.20. The van der Waals surface area contributed by atoms with Gasteiger partial charge in [-0.25, -0.2) is 8.42 Å². The number of amidine groups is 1. The maximum atomic E-state index is 12.2. The molecule has 23 heavy (non-hydrogen) atoms. The van der Waals surface area contributed by atoms with E-state index in [-0.39, 0.29) is 29.1 Å². The van der Waals surface area contributed by atoms with Crippen LogP contribution in [0.4, 0.5) is 0 Å². The third-order valence-corrected chi connectivity index (χ3v) is 4.88. The molecule has 0 aliphatic carbocycles. The average Bonchev–Trinajstić information content (AvgIpc) is 2.81. The zero-order chi connectivity index (χ0) is 17.0. The van der Waals surface area contributed by atoms with Crippen LogP contribution in [0.2, 0.25) is 0 Å². The SMILES string of the molecule is CCN(C[C@H](C)C#N)C(=O)CN=C1NS(=O)(=O)c2ccccc21. The number of benzene rings is 1. The van der Waals surface area contributed by atoms with Crippen molar-refractivity contribution < 1.29 is 13.2 Å². The predicted molar refractivity (Wildman–Crippen MR) is 85.2 cm³/mol. The summed E-state index contributed by atoms with van der Waals surface area (Å²) in [6, 6.07) is 8.57. The molecule has 1 amide bonds. The topological polar surface area (TPSA) is 103 Å². The van der Waals surface area contributed by atoms with Gasteiger partial charge in [-0.3, -0.25) is 14.5 Å². The number of nitrogens with zero attached hydrogens (tertiary/aromatic N) is 3. The highest BCUT2D eigenvalue weighted by atomic mass is 32.2. The first-order chi connectivity index (χ1) is 10.9. The fourth-order valence-electron chi connectivity index (χ4n) is 2.28. The maximum absolute atomic E-state index is 12.2. The van der Waals surface area contributed by atoms with Gasteiger partial charge in [0.1, 0.15) is 12.4 Å². The molecule has 1 aliphatic heterocycles. The van der Waals surface area contributed by atoms with Crippen molar-refractivity contribution in [3.63, 3.8) is 0 Å². The zero-order valence-electron chi connectivity index (χ0n) is 13.0. The first-order valence-corrected chi connectivity index (χ1v) is 8.71. The van der Waals surface area contributed by atoms with Crippen molar-refractivity contribution in [2.75, 3.05) is 19.6 Å². The minimum absolute atomic E-state index is 0.164. The fourth-order valence-corrected chi connectivity index (χ4v) is 3.53. The fraction of sp³-hybridized carbons (Fsp3) is 0.400. The lowest BCUT2D eigenvalue weighted by Crippen LogP contribution is -2.36. The van der Waals surface area contributed by atoms with E-state index >= 15 is 0 Å². The third kappa shape index (κ3) is 3.68. The van der Waals surface area contributed by atoms with Gasteiger partial charge in [-0.1, -0.05) is 12.1 Å². The van der Waals surface area contributed by atoms with Gasteiger partial charge < -0.3 is 4.90 Å². The Labute approximate surface area is 135 Å². The van der Waals surface area contributed by atoms with Crippen molar-refractivity contribution in [3.05, 3.63) is 29.8 Å². The van der Waals surface area contributed by atoms with Gasteiger partial charge in [-0.15, -0.1) is 0 Å². The van der Waals surface area contributed by atoms with Crippen LogP contribution < -0.4 is 4.72 Å². The van der Waals surface area contributed by atoms with E-state index in [1.54, 1.807) is 25.1 Å². The Kier molecular flexibility index (Phi) is 5.01. The standard InChI is InChI=1S/C15H18N4O3S/c1-3-19(10-11(2)8-16)14(20)9-17-15-12-6-4-5-7-13(12)23(21,22)18-15/h4-7,11H,3,9-10H2,1-2H3,(H,17,18)/t11-/m1/s1. The summed E-state index contributed by atoms with van der Waals surface area (Å²) in [4.78, 5) is 18.0. The Hall–Kier alpha value is -2.40. The Morgan fingerprint density at radius 3 is 2.78 bits per heavy atom. The second kappa shape index (κ2) is 6.79. The number of nitriles is 1. The average molecular weight is 334 g/mol. The number of nitrogens with one attached hydrogen (secondary N) is 1. The lowest BCUT2D eigenvalue weighted by molar-refractivity contribution is -0.129. The predicted octanol–water partition coefficient (Wildman–Crippen LogP) is 0.733. The molecule has 122 valence electrons. The minimum atomic E-state index is -3.60. The van der Waals surface area contributed by atoms with Crippen LogP contribution in [-0.4, -0.2) is 44.7 Å². The number of carbonyl (C=O) groups is 1. The van der Waals surface area contributed by atoms with Gasteiger partial charge in [0.05, 0.1) is 16.9 Å². The highest BCUT2D eigenvalue weighted by molar-refractivity contribution is 7.90. The van der Waals surface area contributed by atoms with Crippen LogP contribution >= 0.6 is 0 Å². The van der Waals surface area contributed by atoms with Crippen LogP contribution in [0, 0.1) is 17.2 Å². The van der Waals surface area contributed by atoms with Gasteiger partial charge in [0.25, 0.3) is 10.0 Å². The van der Waals surface area contributed by atoms with E-state index in [0.29, 0.717) is 18.7 Å². The number of likely N-dealkylation sites (N-methyl/N-ethyl adjacent to an activating group) is 1. The highest BCUT2D eigenvalue weighted by Gasteiger charge is 2.30. The first-order valence-electron chi connectivity index (χ1n) is 7.23. The van der Waals surface area contributed by atoms with Gasteiger partial charge in [0, 0.05) is 18.7 Å². The molecular weight excluding hydrogens is 316 g/mol. The number of rotatable bonds is 5. The van der Waals surface area contributed by atoms with Gasteiger partial charge in [0.2, 0.25) is 5.91 Å². The molecular formula is C15H18N4O3S. The van der Waals surface area contributed by atoms with Crippen molar-refractivity contribution in [3.8, 4) is 6.07 Å². The van der Waals surface area contributed by atoms with Crippen molar-refractivity contribution in [1.29, 1.82) is 5.26 Å². The molecule has 7 nitrogen and oxygen atoms in total. The summed E-state index contributed by atoms with van der Waals surface area (Å²) in [5.74, 6) is -0.332. The molecule has 1 heterocycles. The minimum Gasteiger partial charge on any atom is -0.340 e. The molecule has 1 atom stereocenters. The molecule has 0 saturated heterocycles. The van der Waals surface area contributed by atoms with Crippen molar-refractivity contribution in [1.82, 2.24) is 9.62 Å². The molecule has 0 unspecified atom stereocenters. The van der Waals surface area contributed by atoms with Crippen LogP contribution in [0.3, 0.4) is 0 Å². The Balaban J connectivity index is 2.15. The van der Waals surface area contributed by atoms with Gasteiger partial charge in [0.15, 0.2) is 0 Å². The van der Waals surface area contributed by atoms with E-state index in [0.717, 1.165) is 0 Å². The summed E-state index contributed by atoms with van der Waals surface area (Å²) < 4.78 is 26.3. The van der Waals surface area contributed by atoms with Crippen LogP contribution in [0.1, 0.15) is 19.4 Å². The van der Waals surface area contributed by atoms with E-state index in [4.69, 9.17) is 5.26 Å². The molecule has 1 aliphatic rings. The first kappa shape index (κ1) is 17.0. The molecule has 1 aromatic carbocycles. The van der Waals surface area contributed by atoms with Crippen LogP contribution in [0.25, 0.3) is 0 Å². The summed E-state index contributed by atoms with van der Waals surface area (Å²) in [5.41, 5.74) is 0.466. The molecule has 8 heteroatoms. The Morgan fingerprint density at radius 2 is 2.13 bits per heavy atom. The van der Waals surface area contributed by atoms with Crippen LogP contribution in [0.15, 0.2) is 34.2 Å². The summed E-state index contributed by atoms with van der Waals surface area (Å²) in [7, 11) is -3.60. The van der Waals surface area contributed by atoms with E-state index in [9.17, 15) is 13.2 Å². The number of amides is 1. The van der Waals surface area contributed by atoms with Gasteiger partial charge >= 0.3 is 0 Å². The number of hydrogen-bond donors (Lipinski definition) is 1. The Morgan fingerprint density at radius 1 is 1.43 bits per heavy atom. The molecule has 1 aromatic rings. The monoisotopic (exact) mass is 334 g/mol. The molecule has 0 aromatic heterocycles. The molecule has 0 bridgehead atoms. The largest absolute Gasteiger partial charge is 0.340 e. The molecule has 1 N–H and O–H groups in total. The second-order valence-corrected chi connectivity index (χ2v) is 6.88. The van der Waals surface area contributed by atoms with Gasteiger partial charge in [-0.2, -0.15) is 5.26 Å². The quantitative estimate of drug-likeness (QED) is 0.857. The number of carbonyl (C=O) groups excluding carboxylic acids is 1. The molecule has 0 spiro atoms. The van der Waals surface area contributed by atoms with Crippen molar-refractivity contribution >= 4 is 21.8 Å². The van der Waals surface area contributed by atoms with E-state index < -0.39 is 10.0 Å².